The van der Waals surface area contributed by atoms with Crippen LogP contribution in [0.2, 0.25) is 0 Å². The minimum atomic E-state index is -0.212. The van der Waals surface area contributed by atoms with Gasteiger partial charge in [0, 0.05) is 26.2 Å². The molecule has 96 valence electrons. The highest BCUT2D eigenvalue weighted by molar-refractivity contribution is 4.73. The first-order chi connectivity index (χ1) is 7.76. The molecule has 4 heteroatoms. The summed E-state index contributed by atoms with van der Waals surface area (Å²) >= 11 is 0. The van der Waals surface area contributed by atoms with E-state index in [4.69, 9.17) is 4.74 Å². The van der Waals surface area contributed by atoms with E-state index in [9.17, 15) is 5.11 Å². The van der Waals surface area contributed by atoms with Gasteiger partial charge in [0.05, 0.1) is 18.8 Å². The maximum atomic E-state index is 9.56. The van der Waals surface area contributed by atoms with E-state index in [1.54, 1.807) is 0 Å². The molecule has 0 amide bonds. The van der Waals surface area contributed by atoms with E-state index < -0.39 is 0 Å². The first-order valence-electron chi connectivity index (χ1n) is 6.49. The van der Waals surface area contributed by atoms with Crippen LogP contribution in [0.25, 0.3) is 0 Å². The molecule has 1 aliphatic rings. The van der Waals surface area contributed by atoms with Crippen LogP contribution in [0.4, 0.5) is 0 Å². The molecule has 4 nitrogen and oxygen atoms in total. The lowest BCUT2D eigenvalue weighted by Gasteiger charge is -2.32. The number of rotatable bonds is 7. The molecule has 16 heavy (non-hydrogen) atoms. The molecule has 1 saturated heterocycles. The number of hydrogen-bond acceptors (Lipinski definition) is 4. The Labute approximate surface area is 99.0 Å². The van der Waals surface area contributed by atoms with Crippen LogP contribution in [-0.2, 0) is 4.74 Å². The lowest BCUT2D eigenvalue weighted by Crippen LogP contribution is -2.47. The number of nitrogens with zero attached hydrogens (tertiary/aromatic N) is 1. The summed E-state index contributed by atoms with van der Waals surface area (Å²) < 4.78 is 5.67. The molecule has 2 atom stereocenters. The van der Waals surface area contributed by atoms with Gasteiger partial charge in [0.1, 0.15) is 0 Å². The van der Waals surface area contributed by atoms with Gasteiger partial charge < -0.3 is 15.2 Å². The number of hydrogen-bond donors (Lipinski definition) is 2. The van der Waals surface area contributed by atoms with Gasteiger partial charge in [-0.1, -0.05) is 20.3 Å². The summed E-state index contributed by atoms with van der Waals surface area (Å²) in [6.07, 6.45) is 1.98. The van der Waals surface area contributed by atoms with Gasteiger partial charge in [-0.2, -0.15) is 0 Å². The normalized spacial score (nSPS) is 24.6. The van der Waals surface area contributed by atoms with E-state index in [0.29, 0.717) is 6.54 Å². The molecule has 1 aliphatic heterocycles. The zero-order valence-electron chi connectivity index (χ0n) is 10.6. The van der Waals surface area contributed by atoms with Crippen molar-refractivity contribution in [3.05, 3.63) is 0 Å². The molecule has 0 aromatic rings. The fourth-order valence-corrected chi connectivity index (χ4v) is 2.04. The number of aliphatic hydroxyl groups is 1. The minimum Gasteiger partial charge on any atom is -0.392 e. The maximum Gasteiger partial charge on any atom is 0.0826 e. The van der Waals surface area contributed by atoms with Crippen molar-refractivity contribution in [3.63, 3.8) is 0 Å². The van der Waals surface area contributed by atoms with Gasteiger partial charge in [-0.15, -0.1) is 0 Å². The van der Waals surface area contributed by atoms with E-state index in [0.717, 1.165) is 45.6 Å². The molecule has 1 fully saturated rings. The third-order valence-electron chi connectivity index (χ3n) is 3.04. The smallest absolute Gasteiger partial charge is 0.0826 e. The van der Waals surface area contributed by atoms with Crippen molar-refractivity contribution in [3.8, 4) is 0 Å². The molecule has 0 saturated carbocycles. The molecule has 2 N–H and O–H groups in total. The third kappa shape index (κ3) is 5.25. The Morgan fingerprint density at radius 3 is 3.00 bits per heavy atom. The summed E-state index contributed by atoms with van der Waals surface area (Å²) in [5.41, 5.74) is 0. The molecule has 0 spiro atoms. The summed E-state index contributed by atoms with van der Waals surface area (Å²) in [7, 11) is 0. The quantitative estimate of drug-likeness (QED) is 0.667. The number of aliphatic hydroxyl groups excluding tert-OH is 1. The second kappa shape index (κ2) is 8.01. The third-order valence-corrected chi connectivity index (χ3v) is 3.04. The summed E-state index contributed by atoms with van der Waals surface area (Å²) in [5.74, 6) is 0. The Morgan fingerprint density at radius 1 is 1.50 bits per heavy atom. The highest BCUT2D eigenvalue weighted by atomic mass is 16.5. The van der Waals surface area contributed by atoms with Gasteiger partial charge in [-0.25, -0.2) is 0 Å². The monoisotopic (exact) mass is 230 g/mol. The van der Waals surface area contributed by atoms with Crippen LogP contribution >= 0.6 is 0 Å². The Bertz CT molecular complexity index is 178. The van der Waals surface area contributed by atoms with E-state index in [2.05, 4.69) is 24.1 Å². The van der Waals surface area contributed by atoms with E-state index in [-0.39, 0.29) is 12.2 Å². The molecular formula is C12H26N2O2. The standard InChI is InChI=1S/C12H26N2O2/c1-3-5-11(15)8-13-9-12-10-14(4-2)6-7-16-12/h11-13,15H,3-10H2,1-2H3. The topological polar surface area (TPSA) is 44.7 Å². The van der Waals surface area contributed by atoms with Crippen LogP contribution in [0, 0.1) is 0 Å². The van der Waals surface area contributed by atoms with Gasteiger partial charge in [0.15, 0.2) is 0 Å². The summed E-state index contributed by atoms with van der Waals surface area (Å²) in [6.45, 7) is 9.78. The number of morpholine rings is 1. The Kier molecular flexibility index (Phi) is 6.96. The van der Waals surface area contributed by atoms with Crippen molar-refractivity contribution >= 4 is 0 Å². The van der Waals surface area contributed by atoms with Crippen molar-refractivity contribution in [2.75, 3.05) is 39.3 Å². The van der Waals surface area contributed by atoms with E-state index >= 15 is 0 Å². The van der Waals surface area contributed by atoms with Crippen molar-refractivity contribution in [1.29, 1.82) is 0 Å². The first kappa shape index (κ1) is 13.9. The summed E-state index contributed by atoms with van der Waals surface area (Å²) in [4.78, 5) is 2.40. The van der Waals surface area contributed by atoms with E-state index in [1.165, 1.54) is 0 Å². The molecule has 1 rings (SSSR count). The van der Waals surface area contributed by atoms with Crippen LogP contribution < -0.4 is 5.32 Å². The zero-order valence-corrected chi connectivity index (χ0v) is 10.6. The van der Waals surface area contributed by atoms with Crippen molar-refractivity contribution in [1.82, 2.24) is 10.2 Å². The molecule has 0 radical (unpaired) electrons. The highest BCUT2D eigenvalue weighted by Crippen LogP contribution is 2.03. The predicted molar refractivity (Wildman–Crippen MR) is 65.6 cm³/mol. The number of ether oxygens (including phenoxy) is 1. The second-order valence-electron chi connectivity index (χ2n) is 4.49. The van der Waals surface area contributed by atoms with Gasteiger partial charge in [-0.05, 0) is 13.0 Å². The van der Waals surface area contributed by atoms with Gasteiger partial charge in [0.25, 0.3) is 0 Å². The largest absolute Gasteiger partial charge is 0.392 e. The Morgan fingerprint density at radius 2 is 2.31 bits per heavy atom. The fraction of sp³-hybridized carbons (Fsp3) is 1.00. The van der Waals surface area contributed by atoms with Crippen LogP contribution in [0.1, 0.15) is 26.7 Å². The maximum absolute atomic E-state index is 9.56. The van der Waals surface area contributed by atoms with Gasteiger partial charge in [0.2, 0.25) is 0 Å². The van der Waals surface area contributed by atoms with Crippen LogP contribution in [0.5, 0.6) is 0 Å². The van der Waals surface area contributed by atoms with Gasteiger partial charge in [-0.3, -0.25) is 4.90 Å². The van der Waals surface area contributed by atoms with E-state index in [1.807, 2.05) is 0 Å². The number of likely N-dealkylation sites (N-methyl/N-ethyl adjacent to an activating group) is 1. The fourth-order valence-electron chi connectivity index (χ4n) is 2.04. The van der Waals surface area contributed by atoms with Crippen molar-refractivity contribution < 1.29 is 9.84 Å². The molecule has 0 aliphatic carbocycles. The lowest BCUT2D eigenvalue weighted by atomic mass is 10.2. The average Bonchev–Trinajstić information content (AvgIpc) is 2.30. The molecular weight excluding hydrogens is 204 g/mol. The predicted octanol–water partition coefficient (Wildman–Crippen LogP) is 0.458. The van der Waals surface area contributed by atoms with Crippen molar-refractivity contribution in [2.24, 2.45) is 0 Å². The Balaban J connectivity index is 2.08. The SMILES string of the molecule is CCCC(O)CNCC1CN(CC)CCO1. The van der Waals surface area contributed by atoms with Crippen LogP contribution in [0.15, 0.2) is 0 Å². The van der Waals surface area contributed by atoms with Crippen LogP contribution in [-0.4, -0.2) is 61.5 Å². The summed E-state index contributed by atoms with van der Waals surface area (Å²) in [6, 6.07) is 0. The van der Waals surface area contributed by atoms with Crippen molar-refractivity contribution in [2.45, 2.75) is 38.9 Å². The average molecular weight is 230 g/mol. The zero-order chi connectivity index (χ0) is 11.8. The number of nitrogens with one attached hydrogen (secondary N) is 1. The lowest BCUT2D eigenvalue weighted by molar-refractivity contribution is -0.0262. The molecule has 0 aromatic carbocycles. The minimum absolute atomic E-state index is 0.212. The Hall–Kier alpha value is -0.160. The second-order valence-corrected chi connectivity index (χ2v) is 4.49. The van der Waals surface area contributed by atoms with Crippen LogP contribution in [0.3, 0.4) is 0 Å². The molecule has 0 aromatic heterocycles. The summed E-state index contributed by atoms with van der Waals surface area (Å²) in [5, 5.41) is 12.8. The van der Waals surface area contributed by atoms with Gasteiger partial charge >= 0.3 is 0 Å². The highest BCUT2D eigenvalue weighted by Gasteiger charge is 2.18. The first-order valence-corrected chi connectivity index (χ1v) is 6.49. The molecule has 0 bridgehead atoms. The molecule has 2 unspecified atom stereocenters. The molecule has 1 heterocycles.